The number of hydrogen-bond donors (Lipinski definition) is 2. The van der Waals surface area contributed by atoms with Gasteiger partial charge in [-0.2, -0.15) is 0 Å². The lowest BCUT2D eigenvalue weighted by Crippen LogP contribution is -2.19. The lowest BCUT2D eigenvalue weighted by molar-refractivity contribution is -0.384. The number of nitro groups is 1. The Morgan fingerprint density at radius 3 is 2.43 bits per heavy atom. The number of rotatable bonds is 7. The van der Waals surface area contributed by atoms with E-state index in [0.29, 0.717) is 18.2 Å². The van der Waals surface area contributed by atoms with Gasteiger partial charge in [0.05, 0.1) is 16.2 Å². The summed E-state index contributed by atoms with van der Waals surface area (Å²) in [6.07, 6.45) is 5.01. The van der Waals surface area contributed by atoms with Crippen molar-refractivity contribution in [3.63, 3.8) is 0 Å². The van der Waals surface area contributed by atoms with Crippen molar-refractivity contribution in [3.8, 4) is 0 Å². The summed E-state index contributed by atoms with van der Waals surface area (Å²) in [6.45, 7) is 0.705. The van der Waals surface area contributed by atoms with Crippen LogP contribution in [0.25, 0.3) is 0 Å². The molecule has 21 heavy (non-hydrogen) atoms. The molecule has 112 valence electrons. The number of anilines is 1. The smallest absolute Gasteiger partial charge is 0.337 e. The highest BCUT2D eigenvalue weighted by Crippen LogP contribution is 2.49. The molecule has 2 aliphatic carbocycles. The Morgan fingerprint density at radius 1 is 1.33 bits per heavy atom. The molecular formula is C15H18N2O4. The molecule has 0 amide bonds. The molecule has 0 unspecified atom stereocenters. The first-order valence-corrected chi connectivity index (χ1v) is 7.32. The third-order valence-electron chi connectivity index (χ3n) is 4.43. The predicted molar refractivity (Wildman–Crippen MR) is 77.5 cm³/mol. The molecule has 1 aromatic carbocycles. The van der Waals surface area contributed by atoms with Gasteiger partial charge in [0, 0.05) is 18.7 Å². The maximum absolute atomic E-state index is 11.2. The van der Waals surface area contributed by atoms with Gasteiger partial charge in [-0.1, -0.05) is 0 Å². The average molecular weight is 290 g/mol. The van der Waals surface area contributed by atoms with E-state index in [2.05, 4.69) is 5.32 Å². The van der Waals surface area contributed by atoms with Crippen LogP contribution in [0.15, 0.2) is 18.2 Å². The van der Waals surface area contributed by atoms with E-state index in [9.17, 15) is 20.0 Å². The van der Waals surface area contributed by atoms with Gasteiger partial charge in [-0.05, 0) is 49.5 Å². The van der Waals surface area contributed by atoms with Gasteiger partial charge in [0.15, 0.2) is 0 Å². The molecule has 0 aliphatic heterocycles. The summed E-state index contributed by atoms with van der Waals surface area (Å²) in [7, 11) is 0. The van der Waals surface area contributed by atoms with Crippen LogP contribution in [0, 0.1) is 27.9 Å². The Morgan fingerprint density at radius 2 is 1.95 bits per heavy atom. The molecule has 2 N–H and O–H groups in total. The van der Waals surface area contributed by atoms with E-state index in [4.69, 9.17) is 0 Å². The molecule has 3 rings (SSSR count). The van der Waals surface area contributed by atoms with Crippen molar-refractivity contribution in [2.24, 2.45) is 17.8 Å². The first kappa shape index (κ1) is 13.9. The third-order valence-corrected chi connectivity index (χ3v) is 4.43. The number of benzene rings is 1. The SMILES string of the molecule is O=C(O)c1ccc([N+](=O)[O-])cc1NCC(C1CC1)C1CC1. The largest absolute Gasteiger partial charge is 0.478 e. The molecule has 2 aliphatic rings. The summed E-state index contributed by atoms with van der Waals surface area (Å²) in [6, 6.07) is 3.85. The van der Waals surface area contributed by atoms with Gasteiger partial charge in [-0.25, -0.2) is 4.79 Å². The molecular weight excluding hydrogens is 272 g/mol. The second kappa shape index (κ2) is 5.35. The number of hydrogen-bond acceptors (Lipinski definition) is 4. The summed E-state index contributed by atoms with van der Waals surface area (Å²) in [4.78, 5) is 21.6. The Kier molecular flexibility index (Phi) is 3.53. The molecule has 1 aromatic rings. The molecule has 6 heteroatoms. The van der Waals surface area contributed by atoms with Crippen LogP contribution >= 0.6 is 0 Å². The summed E-state index contributed by atoms with van der Waals surface area (Å²) in [5.74, 6) is 1.00. The predicted octanol–water partition coefficient (Wildman–Crippen LogP) is 3.14. The maximum atomic E-state index is 11.2. The fraction of sp³-hybridized carbons (Fsp3) is 0.533. The van der Waals surface area contributed by atoms with Crippen molar-refractivity contribution in [1.29, 1.82) is 0 Å². The van der Waals surface area contributed by atoms with Gasteiger partial charge >= 0.3 is 5.97 Å². The number of carboxylic acids is 1. The minimum Gasteiger partial charge on any atom is -0.478 e. The van der Waals surface area contributed by atoms with Gasteiger partial charge in [0.2, 0.25) is 0 Å². The van der Waals surface area contributed by atoms with E-state index < -0.39 is 10.9 Å². The highest BCUT2D eigenvalue weighted by Gasteiger charge is 2.41. The molecule has 2 fully saturated rings. The monoisotopic (exact) mass is 290 g/mol. The van der Waals surface area contributed by atoms with Gasteiger partial charge < -0.3 is 10.4 Å². The van der Waals surface area contributed by atoms with Crippen molar-refractivity contribution in [2.75, 3.05) is 11.9 Å². The van der Waals surface area contributed by atoms with Gasteiger partial charge in [-0.15, -0.1) is 0 Å². The highest BCUT2D eigenvalue weighted by atomic mass is 16.6. The molecule has 0 atom stereocenters. The van der Waals surface area contributed by atoms with Gasteiger partial charge in [0.25, 0.3) is 5.69 Å². The van der Waals surface area contributed by atoms with Crippen molar-refractivity contribution >= 4 is 17.3 Å². The molecule has 0 aromatic heterocycles. The van der Waals surface area contributed by atoms with Crippen molar-refractivity contribution < 1.29 is 14.8 Å². The number of carboxylic acid groups (broad SMARTS) is 1. The molecule has 0 saturated heterocycles. The minimum atomic E-state index is -1.07. The van der Waals surface area contributed by atoms with Gasteiger partial charge in [0.1, 0.15) is 0 Å². The fourth-order valence-electron chi connectivity index (χ4n) is 2.97. The molecule has 0 spiro atoms. The summed E-state index contributed by atoms with van der Waals surface area (Å²) in [5, 5.41) is 23.2. The molecule has 6 nitrogen and oxygen atoms in total. The van der Waals surface area contributed by atoms with Crippen LogP contribution in [-0.4, -0.2) is 22.5 Å². The Hall–Kier alpha value is -2.11. The molecule has 0 bridgehead atoms. The van der Waals surface area contributed by atoms with Crippen molar-refractivity contribution in [1.82, 2.24) is 0 Å². The van der Waals surface area contributed by atoms with E-state index in [1.807, 2.05) is 0 Å². The lowest BCUT2D eigenvalue weighted by Gasteiger charge is -2.18. The van der Waals surface area contributed by atoms with E-state index in [1.54, 1.807) is 0 Å². The van der Waals surface area contributed by atoms with Crippen LogP contribution in [0.4, 0.5) is 11.4 Å². The van der Waals surface area contributed by atoms with Crippen molar-refractivity contribution in [3.05, 3.63) is 33.9 Å². The second-order valence-corrected chi connectivity index (χ2v) is 6.01. The van der Waals surface area contributed by atoms with E-state index in [1.165, 1.54) is 43.9 Å². The number of nitrogens with one attached hydrogen (secondary N) is 1. The summed E-state index contributed by atoms with van der Waals surface area (Å²) < 4.78 is 0. The second-order valence-electron chi connectivity index (χ2n) is 6.01. The van der Waals surface area contributed by atoms with Crippen molar-refractivity contribution in [2.45, 2.75) is 25.7 Å². The summed E-state index contributed by atoms with van der Waals surface area (Å²) in [5.41, 5.74) is 0.353. The van der Waals surface area contributed by atoms with Crippen LogP contribution in [0.3, 0.4) is 0 Å². The number of carbonyl (C=O) groups is 1. The zero-order chi connectivity index (χ0) is 15.0. The number of aromatic carboxylic acids is 1. The average Bonchev–Trinajstić information content (AvgIpc) is 3.32. The van der Waals surface area contributed by atoms with Crippen LogP contribution in [0.2, 0.25) is 0 Å². The first-order valence-electron chi connectivity index (χ1n) is 7.32. The summed E-state index contributed by atoms with van der Waals surface area (Å²) >= 11 is 0. The normalized spacial score (nSPS) is 17.8. The third kappa shape index (κ3) is 3.15. The maximum Gasteiger partial charge on any atom is 0.337 e. The Balaban J connectivity index is 1.76. The van der Waals surface area contributed by atoms with Crippen LogP contribution in [0.1, 0.15) is 36.0 Å². The lowest BCUT2D eigenvalue weighted by atomic mass is 9.97. The number of nitrogens with zero attached hydrogens (tertiary/aromatic N) is 1. The van der Waals surface area contributed by atoms with E-state index in [0.717, 1.165) is 11.8 Å². The number of non-ortho nitro benzene ring substituents is 1. The van der Waals surface area contributed by atoms with Crippen LogP contribution in [0.5, 0.6) is 0 Å². The topological polar surface area (TPSA) is 92.5 Å². The van der Waals surface area contributed by atoms with Crippen LogP contribution < -0.4 is 5.32 Å². The minimum absolute atomic E-state index is 0.0862. The zero-order valence-electron chi connectivity index (χ0n) is 11.6. The fourth-order valence-corrected chi connectivity index (χ4v) is 2.97. The highest BCUT2D eigenvalue weighted by molar-refractivity contribution is 5.94. The standard InChI is InChI=1S/C15H18N2O4/c18-15(19)12-6-5-11(17(20)21)7-14(12)16-8-13(9-1-2-9)10-3-4-10/h5-7,9-10,13,16H,1-4,8H2,(H,18,19). The number of nitro benzene ring substituents is 1. The van der Waals surface area contributed by atoms with E-state index in [-0.39, 0.29) is 11.3 Å². The molecule has 0 radical (unpaired) electrons. The van der Waals surface area contributed by atoms with E-state index >= 15 is 0 Å². The first-order chi connectivity index (χ1) is 10.1. The zero-order valence-corrected chi connectivity index (χ0v) is 11.6. The Labute approximate surface area is 122 Å². The van der Waals surface area contributed by atoms with Crippen LogP contribution in [-0.2, 0) is 0 Å². The molecule has 2 saturated carbocycles. The van der Waals surface area contributed by atoms with Gasteiger partial charge in [-0.3, -0.25) is 10.1 Å². The quantitative estimate of drug-likeness (QED) is 0.594. The molecule has 0 heterocycles. The Bertz CT molecular complexity index is 567.